The number of fused-ring (bicyclic) bond motifs is 2. The van der Waals surface area contributed by atoms with Gasteiger partial charge >= 0.3 is 0 Å². The molecular weight excluding hydrogens is 194 g/mol. The number of ether oxygens (including phenoxy) is 1. The van der Waals surface area contributed by atoms with Gasteiger partial charge in [0.2, 0.25) is 0 Å². The monoisotopic (exact) mass is 211 g/mol. The van der Waals surface area contributed by atoms with Gasteiger partial charge in [-0.15, -0.1) is 0 Å². The summed E-state index contributed by atoms with van der Waals surface area (Å²) < 4.78 is 5.96. The molecule has 0 radical (unpaired) electrons. The summed E-state index contributed by atoms with van der Waals surface area (Å²) in [6.07, 6.45) is 1.81. The molecule has 0 aromatic carbocycles. The summed E-state index contributed by atoms with van der Waals surface area (Å²) in [4.78, 5) is 2.87. The molecule has 84 valence electrons. The van der Waals surface area contributed by atoms with Crippen molar-refractivity contribution in [2.24, 2.45) is 5.11 Å². The van der Waals surface area contributed by atoms with Crippen molar-refractivity contribution in [3.63, 3.8) is 0 Å². The van der Waals surface area contributed by atoms with E-state index in [1.807, 2.05) is 20.8 Å². The number of hydrogen-bond donors (Lipinski definition) is 1. The van der Waals surface area contributed by atoms with Crippen LogP contribution in [0.25, 0.3) is 10.4 Å². The van der Waals surface area contributed by atoms with Crippen LogP contribution in [-0.4, -0.2) is 28.0 Å². The van der Waals surface area contributed by atoms with Crippen LogP contribution in [0.15, 0.2) is 5.11 Å². The molecule has 2 saturated heterocycles. The van der Waals surface area contributed by atoms with Crippen LogP contribution in [0.1, 0.15) is 40.0 Å². The summed E-state index contributed by atoms with van der Waals surface area (Å²) in [7, 11) is 0. The van der Waals surface area contributed by atoms with Gasteiger partial charge < -0.3 is 9.84 Å². The van der Waals surface area contributed by atoms with Gasteiger partial charge in [0.1, 0.15) is 0 Å². The Hall–Kier alpha value is -0.770. The van der Waals surface area contributed by atoms with E-state index >= 15 is 0 Å². The van der Waals surface area contributed by atoms with Gasteiger partial charge in [0.25, 0.3) is 0 Å². The van der Waals surface area contributed by atoms with Crippen molar-refractivity contribution in [2.45, 2.75) is 62.9 Å². The molecule has 0 amide bonds. The Labute approximate surface area is 89.1 Å². The Balaban J connectivity index is 2.35. The summed E-state index contributed by atoms with van der Waals surface area (Å²) in [5.74, 6) is 0. The lowest BCUT2D eigenvalue weighted by molar-refractivity contribution is -0.0868. The molecule has 1 N–H and O–H groups in total. The number of azide groups is 1. The molecule has 0 aliphatic carbocycles. The number of hydrogen-bond acceptors (Lipinski definition) is 3. The van der Waals surface area contributed by atoms with Crippen LogP contribution in [0, 0.1) is 0 Å². The van der Waals surface area contributed by atoms with Crippen LogP contribution in [0.2, 0.25) is 0 Å². The fourth-order valence-electron chi connectivity index (χ4n) is 2.79. The molecular formula is C10H17N3O2. The molecule has 15 heavy (non-hydrogen) atoms. The van der Waals surface area contributed by atoms with Crippen molar-refractivity contribution < 1.29 is 9.84 Å². The van der Waals surface area contributed by atoms with Gasteiger partial charge in [-0.3, -0.25) is 0 Å². The largest absolute Gasteiger partial charge is 0.390 e. The third-order valence-corrected chi connectivity index (χ3v) is 4.09. The minimum atomic E-state index is -0.600. The van der Waals surface area contributed by atoms with E-state index in [0.717, 1.165) is 12.8 Å². The molecule has 0 saturated carbocycles. The molecule has 5 heteroatoms. The average molecular weight is 211 g/mol. The fourth-order valence-corrected chi connectivity index (χ4v) is 2.79. The summed E-state index contributed by atoms with van der Waals surface area (Å²) in [5, 5.41) is 13.7. The van der Waals surface area contributed by atoms with Gasteiger partial charge in [-0.2, -0.15) is 0 Å². The molecule has 2 rings (SSSR count). The molecule has 2 bridgehead atoms. The van der Waals surface area contributed by atoms with Gasteiger partial charge in [-0.05, 0) is 25.3 Å². The Bertz CT molecular complexity index is 338. The Morgan fingerprint density at radius 3 is 2.60 bits per heavy atom. The molecule has 0 aromatic rings. The maximum absolute atomic E-state index is 9.92. The van der Waals surface area contributed by atoms with Crippen LogP contribution < -0.4 is 0 Å². The van der Waals surface area contributed by atoms with E-state index in [0.29, 0.717) is 6.42 Å². The summed E-state index contributed by atoms with van der Waals surface area (Å²) in [5.41, 5.74) is 7.03. The molecule has 2 aliphatic heterocycles. The van der Waals surface area contributed by atoms with Crippen molar-refractivity contribution in [3.05, 3.63) is 10.4 Å². The highest BCUT2D eigenvalue weighted by Crippen LogP contribution is 2.56. The van der Waals surface area contributed by atoms with E-state index in [4.69, 9.17) is 10.3 Å². The number of rotatable bonds is 2. The number of aliphatic hydroxyl groups is 1. The van der Waals surface area contributed by atoms with E-state index < -0.39 is 22.8 Å². The van der Waals surface area contributed by atoms with Crippen molar-refractivity contribution >= 4 is 0 Å². The second-order valence-electron chi connectivity index (χ2n) is 5.38. The van der Waals surface area contributed by atoms with E-state index in [1.54, 1.807) is 0 Å². The lowest BCUT2D eigenvalue weighted by atomic mass is 9.72. The summed E-state index contributed by atoms with van der Waals surface area (Å²) >= 11 is 0. The van der Waals surface area contributed by atoms with Crippen molar-refractivity contribution in [1.82, 2.24) is 0 Å². The van der Waals surface area contributed by atoms with Crippen molar-refractivity contribution in [3.8, 4) is 0 Å². The SMILES string of the molecule is CC12CCC(C(C)(C)N=[N+]=[N-])(CC1O)O2. The van der Waals surface area contributed by atoms with E-state index in [1.165, 1.54) is 0 Å². The molecule has 5 nitrogen and oxygen atoms in total. The predicted molar refractivity (Wildman–Crippen MR) is 55.3 cm³/mol. The molecule has 2 fully saturated rings. The third-order valence-electron chi connectivity index (χ3n) is 4.09. The fraction of sp³-hybridized carbons (Fsp3) is 1.00. The molecule has 2 heterocycles. The van der Waals surface area contributed by atoms with Gasteiger partial charge in [0.05, 0.1) is 22.8 Å². The summed E-state index contributed by atoms with van der Waals surface area (Å²) in [6, 6.07) is 0. The van der Waals surface area contributed by atoms with Crippen LogP contribution in [0.5, 0.6) is 0 Å². The first-order valence-corrected chi connectivity index (χ1v) is 5.30. The van der Waals surface area contributed by atoms with Crippen LogP contribution >= 0.6 is 0 Å². The molecule has 3 atom stereocenters. The van der Waals surface area contributed by atoms with Crippen molar-refractivity contribution in [2.75, 3.05) is 0 Å². The second-order valence-corrected chi connectivity index (χ2v) is 5.38. The van der Waals surface area contributed by atoms with E-state index in [2.05, 4.69) is 10.0 Å². The standard InChI is InChI=1S/C10H17N3O2/c1-8(2,12-13-11)10-5-4-9(3,15-10)7(14)6-10/h7,14H,4-6H2,1-3H3. The Morgan fingerprint density at radius 1 is 1.53 bits per heavy atom. The second kappa shape index (κ2) is 2.88. The summed E-state index contributed by atoms with van der Waals surface area (Å²) in [6.45, 7) is 5.67. The molecule has 0 spiro atoms. The maximum atomic E-state index is 9.92. The highest BCUT2D eigenvalue weighted by molar-refractivity contribution is 5.16. The zero-order chi connectivity index (χ0) is 11.3. The van der Waals surface area contributed by atoms with Crippen LogP contribution in [0.3, 0.4) is 0 Å². The van der Waals surface area contributed by atoms with Crippen molar-refractivity contribution in [1.29, 1.82) is 0 Å². The highest BCUT2D eigenvalue weighted by Gasteiger charge is 2.64. The van der Waals surface area contributed by atoms with Gasteiger partial charge in [-0.25, -0.2) is 0 Å². The van der Waals surface area contributed by atoms with E-state index in [-0.39, 0.29) is 0 Å². The smallest absolute Gasteiger partial charge is 0.0922 e. The molecule has 0 aromatic heterocycles. The zero-order valence-electron chi connectivity index (χ0n) is 9.40. The lowest BCUT2D eigenvalue weighted by Gasteiger charge is -2.37. The first kappa shape index (κ1) is 10.7. The van der Waals surface area contributed by atoms with Gasteiger partial charge in [0, 0.05) is 11.3 Å². The topological polar surface area (TPSA) is 78.2 Å². The highest BCUT2D eigenvalue weighted by atomic mass is 16.6. The third kappa shape index (κ3) is 1.27. The van der Waals surface area contributed by atoms with Gasteiger partial charge in [0.15, 0.2) is 0 Å². The van der Waals surface area contributed by atoms with Crippen LogP contribution in [-0.2, 0) is 4.74 Å². The molecule has 3 unspecified atom stereocenters. The average Bonchev–Trinajstić information content (AvgIpc) is 2.57. The Kier molecular flexibility index (Phi) is 2.06. The minimum Gasteiger partial charge on any atom is -0.390 e. The zero-order valence-corrected chi connectivity index (χ0v) is 9.40. The number of nitrogens with zero attached hydrogens (tertiary/aromatic N) is 3. The normalized spacial score (nSPS) is 44.1. The first-order valence-electron chi connectivity index (χ1n) is 5.30. The van der Waals surface area contributed by atoms with Crippen LogP contribution in [0.4, 0.5) is 0 Å². The Morgan fingerprint density at radius 2 is 2.20 bits per heavy atom. The quantitative estimate of drug-likeness (QED) is 0.431. The van der Waals surface area contributed by atoms with Gasteiger partial charge in [-0.1, -0.05) is 19.0 Å². The minimum absolute atomic E-state index is 0.442. The predicted octanol–water partition coefficient (Wildman–Crippen LogP) is 2.15. The maximum Gasteiger partial charge on any atom is 0.0922 e. The molecule has 2 aliphatic rings. The lowest BCUT2D eigenvalue weighted by Crippen LogP contribution is -2.47. The van der Waals surface area contributed by atoms with E-state index in [9.17, 15) is 5.11 Å². The number of aliphatic hydroxyl groups excluding tert-OH is 1. The first-order chi connectivity index (χ1) is 6.85.